The summed E-state index contributed by atoms with van der Waals surface area (Å²) in [6.07, 6.45) is 0. The van der Waals surface area contributed by atoms with Crippen LogP contribution in [0.5, 0.6) is 5.75 Å². The van der Waals surface area contributed by atoms with E-state index >= 15 is 0 Å². The Morgan fingerprint density at radius 2 is 2.00 bits per heavy atom. The van der Waals surface area contributed by atoms with Crippen molar-refractivity contribution >= 4 is 39.1 Å². The van der Waals surface area contributed by atoms with Crippen LogP contribution in [-0.4, -0.2) is 12.5 Å². The van der Waals surface area contributed by atoms with Crippen LogP contribution in [0, 0.1) is 19.7 Å². The van der Waals surface area contributed by atoms with Crippen molar-refractivity contribution in [3.63, 3.8) is 0 Å². The van der Waals surface area contributed by atoms with Gasteiger partial charge in [-0.1, -0.05) is 33.6 Å². The summed E-state index contributed by atoms with van der Waals surface area (Å²) in [6, 6.07) is 7.74. The van der Waals surface area contributed by atoms with Gasteiger partial charge in [-0.3, -0.25) is 4.79 Å². The molecule has 0 unspecified atom stereocenters. The fourth-order valence-electron chi connectivity index (χ4n) is 1.92. The summed E-state index contributed by atoms with van der Waals surface area (Å²) in [5.41, 5.74) is 2.01. The number of carbonyl (C=O) groups is 1. The highest BCUT2D eigenvalue weighted by atomic mass is 79.9. The maximum Gasteiger partial charge on any atom is 0.262 e. The Bertz CT molecular complexity index is 698. The number of anilines is 1. The molecule has 1 amide bonds. The lowest BCUT2D eigenvalue weighted by Crippen LogP contribution is -2.21. The second kappa shape index (κ2) is 7.11. The Hall–Kier alpha value is -1.59. The average Bonchev–Trinajstić information content (AvgIpc) is 2.41. The first-order valence-electron chi connectivity index (χ1n) is 6.51. The summed E-state index contributed by atoms with van der Waals surface area (Å²) in [4.78, 5) is 11.9. The minimum absolute atomic E-state index is 0.210. The van der Waals surface area contributed by atoms with E-state index in [-0.39, 0.29) is 12.5 Å². The van der Waals surface area contributed by atoms with Crippen molar-refractivity contribution in [1.82, 2.24) is 0 Å². The lowest BCUT2D eigenvalue weighted by molar-refractivity contribution is -0.118. The molecule has 1 N–H and O–H groups in total. The lowest BCUT2D eigenvalue weighted by atomic mass is 10.2. The van der Waals surface area contributed by atoms with Crippen molar-refractivity contribution in [3.8, 4) is 5.75 Å². The SMILES string of the molecule is Cc1ccc(F)cc1NC(=O)COc1c(C)cc(Br)cc1Cl. The van der Waals surface area contributed by atoms with Gasteiger partial charge in [-0.25, -0.2) is 4.39 Å². The Morgan fingerprint density at radius 1 is 1.27 bits per heavy atom. The maximum absolute atomic E-state index is 13.2. The molecule has 0 aromatic heterocycles. The molecule has 0 aliphatic heterocycles. The van der Waals surface area contributed by atoms with Crippen molar-refractivity contribution < 1.29 is 13.9 Å². The topological polar surface area (TPSA) is 38.3 Å². The number of halogens is 3. The van der Waals surface area contributed by atoms with E-state index in [0.29, 0.717) is 16.5 Å². The lowest BCUT2D eigenvalue weighted by Gasteiger charge is -2.12. The largest absolute Gasteiger partial charge is 0.482 e. The van der Waals surface area contributed by atoms with Crippen molar-refractivity contribution in [2.75, 3.05) is 11.9 Å². The highest BCUT2D eigenvalue weighted by Crippen LogP contribution is 2.32. The third-order valence-corrected chi connectivity index (χ3v) is 3.75. The first kappa shape index (κ1) is 16.8. The highest BCUT2D eigenvalue weighted by Gasteiger charge is 2.11. The first-order chi connectivity index (χ1) is 10.4. The molecule has 0 radical (unpaired) electrons. The molecule has 2 aromatic rings. The van der Waals surface area contributed by atoms with Gasteiger partial charge in [-0.05, 0) is 49.2 Å². The van der Waals surface area contributed by atoms with Crippen molar-refractivity contribution in [2.45, 2.75) is 13.8 Å². The first-order valence-corrected chi connectivity index (χ1v) is 7.68. The number of amides is 1. The van der Waals surface area contributed by atoms with Gasteiger partial charge >= 0.3 is 0 Å². The van der Waals surface area contributed by atoms with Crippen molar-refractivity contribution in [2.24, 2.45) is 0 Å². The molecule has 116 valence electrons. The molecule has 2 aromatic carbocycles. The average molecular weight is 387 g/mol. The molecule has 0 saturated heterocycles. The number of ether oxygens (including phenoxy) is 1. The smallest absolute Gasteiger partial charge is 0.262 e. The van der Waals surface area contributed by atoms with Gasteiger partial charge in [-0.2, -0.15) is 0 Å². The minimum atomic E-state index is -0.409. The normalized spacial score (nSPS) is 10.4. The van der Waals surface area contributed by atoms with Gasteiger partial charge in [0.05, 0.1) is 5.02 Å². The van der Waals surface area contributed by atoms with Gasteiger partial charge in [-0.15, -0.1) is 0 Å². The van der Waals surface area contributed by atoms with Crippen LogP contribution in [0.3, 0.4) is 0 Å². The number of nitrogens with one attached hydrogen (secondary N) is 1. The second-order valence-corrected chi connectivity index (χ2v) is 6.15. The minimum Gasteiger partial charge on any atom is -0.482 e. The number of carbonyl (C=O) groups excluding carboxylic acids is 1. The zero-order valence-electron chi connectivity index (χ0n) is 12.0. The molecule has 0 fully saturated rings. The molecule has 0 atom stereocenters. The Kier molecular flexibility index (Phi) is 5.42. The van der Waals surface area contributed by atoms with Crippen molar-refractivity contribution in [3.05, 3.63) is 56.8 Å². The van der Waals surface area contributed by atoms with Gasteiger partial charge in [0.15, 0.2) is 6.61 Å². The molecular weight excluding hydrogens is 373 g/mol. The van der Waals surface area contributed by atoms with E-state index in [1.807, 2.05) is 13.0 Å². The molecule has 22 heavy (non-hydrogen) atoms. The number of hydrogen-bond donors (Lipinski definition) is 1. The molecule has 6 heteroatoms. The number of benzene rings is 2. The Morgan fingerprint density at radius 3 is 2.68 bits per heavy atom. The summed E-state index contributed by atoms with van der Waals surface area (Å²) in [5.74, 6) is -0.336. The molecule has 0 heterocycles. The highest BCUT2D eigenvalue weighted by molar-refractivity contribution is 9.10. The van der Waals surface area contributed by atoms with Crippen LogP contribution >= 0.6 is 27.5 Å². The fourth-order valence-corrected chi connectivity index (χ4v) is 2.95. The molecule has 2 rings (SSSR count). The van der Waals surface area contributed by atoms with Gasteiger partial charge in [0, 0.05) is 10.2 Å². The predicted octanol–water partition coefficient (Wildman–Crippen LogP) is 4.88. The third-order valence-electron chi connectivity index (χ3n) is 3.02. The van der Waals surface area contributed by atoms with Crippen LogP contribution in [-0.2, 0) is 4.79 Å². The fraction of sp³-hybridized carbons (Fsp3) is 0.188. The van der Waals surface area contributed by atoms with Gasteiger partial charge < -0.3 is 10.1 Å². The van der Waals surface area contributed by atoms with Crippen LogP contribution in [0.25, 0.3) is 0 Å². The zero-order chi connectivity index (χ0) is 16.3. The molecule has 0 aliphatic carbocycles. The monoisotopic (exact) mass is 385 g/mol. The van der Waals surface area contributed by atoms with Crippen LogP contribution in [0.1, 0.15) is 11.1 Å². The number of aryl methyl sites for hydroxylation is 2. The molecule has 3 nitrogen and oxygen atoms in total. The van der Waals surface area contributed by atoms with Gasteiger partial charge in [0.2, 0.25) is 0 Å². The molecule has 0 saturated carbocycles. The van der Waals surface area contributed by atoms with Crippen LogP contribution < -0.4 is 10.1 Å². The molecular formula is C16H14BrClFNO2. The Labute approximate surface area is 141 Å². The van der Waals surface area contributed by atoms with Crippen LogP contribution in [0.2, 0.25) is 5.02 Å². The summed E-state index contributed by atoms with van der Waals surface area (Å²) in [5, 5.41) is 3.03. The molecule has 0 aliphatic rings. The van der Waals surface area contributed by atoms with Gasteiger partial charge in [0.25, 0.3) is 5.91 Å². The number of rotatable bonds is 4. The predicted molar refractivity (Wildman–Crippen MR) is 89.2 cm³/mol. The molecule has 0 bridgehead atoms. The Balaban J connectivity index is 2.03. The number of hydrogen-bond acceptors (Lipinski definition) is 2. The van der Waals surface area contributed by atoms with E-state index in [1.165, 1.54) is 12.1 Å². The van der Waals surface area contributed by atoms with E-state index < -0.39 is 5.82 Å². The van der Waals surface area contributed by atoms with E-state index in [4.69, 9.17) is 16.3 Å². The summed E-state index contributed by atoms with van der Waals surface area (Å²) >= 11 is 9.42. The van der Waals surface area contributed by atoms with Crippen LogP contribution in [0.15, 0.2) is 34.8 Å². The summed E-state index contributed by atoms with van der Waals surface area (Å²) < 4.78 is 19.5. The maximum atomic E-state index is 13.2. The van der Waals surface area contributed by atoms with Crippen molar-refractivity contribution in [1.29, 1.82) is 0 Å². The van der Waals surface area contributed by atoms with E-state index in [9.17, 15) is 9.18 Å². The summed E-state index contributed by atoms with van der Waals surface area (Å²) in [6.45, 7) is 3.41. The quantitative estimate of drug-likeness (QED) is 0.813. The van der Waals surface area contributed by atoms with E-state index in [0.717, 1.165) is 15.6 Å². The van der Waals surface area contributed by atoms with Crippen LogP contribution in [0.4, 0.5) is 10.1 Å². The third kappa shape index (κ3) is 4.21. The second-order valence-electron chi connectivity index (χ2n) is 4.83. The zero-order valence-corrected chi connectivity index (χ0v) is 14.4. The summed E-state index contributed by atoms with van der Waals surface area (Å²) in [7, 11) is 0. The standard InChI is InChI=1S/C16H14BrClFNO2/c1-9-3-4-12(19)7-14(9)20-15(21)8-22-16-10(2)5-11(17)6-13(16)18/h3-7H,8H2,1-2H3,(H,20,21). The van der Waals surface area contributed by atoms with E-state index in [2.05, 4.69) is 21.2 Å². The van der Waals surface area contributed by atoms with Gasteiger partial charge in [0.1, 0.15) is 11.6 Å². The van der Waals surface area contributed by atoms with E-state index in [1.54, 1.807) is 19.1 Å². The molecule has 0 spiro atoms.